The zero-order chi connectivity index (χ0) is 10.1. The second-order valence-electron chi connectivity index (χ2n) is 2.82. The van der Waals surface area contributed by atoms with Gasteiger partial charge in [0.15, 0.2) is 0 Å². The number of nitrogens with two attached hydrogens (primary N) is 2. The van der Waals surface area contributed by atoms with Crippen LogP contribution in [0.2, 0.25) is 5.15 Å². The van der Waals surface area contributed by atoms with E-state index in [0.717, 1.165) is 10.6 Å². The van der Waals surface area contributed by atoms with Gasteiger partial charge in [-0.3, -0.25) is 0 Å². The summed E-state index contributed by atoms with van der Waals surface area (Å²) in [6.45, 7) is 0. The molecule has 0 bridgehead atoms. The van der Waals surface area contributed by atoms with Gasteiger partial charge in [0.05, 0.1) is 0 Å². The van der Waals surface area contributed by atoms with Crippen molar-refractivity contribution in [2.45, 2.75) is 0 Å². The Morgan fingerprint density at radius 2 is 2.07 bits per heavy atom. The monoisotopic (exact) mass is 225 g/mol. The molecule has 0 fully saturated rings. The quantitative estimate of drug-likeness (QED) is 0.734. The Hall–Kier alpha value is -1.26. The van der Waals surface area contributed by atoms with Gasteiger partial charge in [-0.15, -0.1) is 11.3 Å². The summed E-state index contributed by atoms with van der Waals surface area (Å²) in [6.07, 6.45) is 0. The van der Waals surface area contributed by atoms with Crippen LogP contribution in [0.1, 0.15) is 0 Å². The van der Waals surface area contributed by atoms with Crippen molar-refractivity contribution in [2.75, 3.05) is 11.5 Å². The van der Waals surface area contributed by atoms with Crippen LogP contribution in [0.25, 0.3) is 10.6 Å². The van der Waals surface area contributed by atoms with E-state index in [1.807, 2.05) is 0 Å². The number of rotatable bonds is 1. The van der Waals surface area contributed by atoms with Crippen LogP contribution < -0.4 is 11.5 Å². The third-order valence-electron chi connectivity index (χ3n) is 1.78. The molecule has 0 aliphatic rings. The van der Waals surface area contributed by atoms with Gasteiger partial charge in [-0.05, 0) is 18.2 Å². The Labute approximate surface area is 90.3 Å². The largest absolute Gasteiger partial charge is 0.399 e. The van der Waals surface area contributed by atoms with Crippen molar-refractivity contribution in [2.24, 2.45) is 0 Å². The Morgan fingerprint density at radius 3 is 2.71 bits per heavy atom. The fourth-order valence-electron chi connectivity index (χ4n) is 1.14. The van der Waals surface area contributed by atoms with E-state index < -0.39 is 0 Å². The lowest BCUT2D eigenvalue weighted by molar-refractivity contribution is 1.41. The molecule has 0 spiro atoms. The van der Waals surface area contributed by atoms with Crippen molar-refractivity contribution in [3.63, 3.8) is 0 Å². The van der Waals surface area contributed by atoms with Crippen LogP contribution in [0.3, 0.4) is 0 Å². The Bertz CT molecular complexity index is 467. The molecule has 0 unspecified atom stereocenters. The molecular weight excluding hydrogens is 218 g/mol. The lowest BCUT2D eigenvalue weighted by Gasteiger charge is -2.02. The van der Waals surface area contributed by atoms with Crippen LogP contribution in [0.15, 0.2) is 23.6 Å². The molecule has 4 N–H and O–H groups in total. The average Bonchev–Trinajstić information content (AvgIpc) is 2.56. The molecular formula is C9H8ClN3S. The number of aromatic nitrogens is 1. The van der Waals surface area contributed by atoms with Crippen molar-refractivity contribution in [3.8, 4) is 10.6 Å². The first-order chi connectivity index (χ1) is 6.66. The smallest absolute Gasteiger partial charge is 0.140 e. The van der Waals surface area contributed by atoms with E-state index in [1.54, 1.807) is 23.6 Å². The average molecular weight is 226 g/mol. The van der Waals surface area contributed by atoms with Crippen LogP contribution in [0, 0.1) is 0 Å². The SMILES string of the molecule is Nc1ccc(N)c(-c2nc(Cl)cs2)c1. The number of anilines is 2. The first-order valence-corrected chi connectivity index (χ1v) is 5.19. The van der Waals surface area contributed by atoms with Crippen LogP contribution in [-0.4, -0.2) is 4.98 Å². The Balaban J connectivity index is 2.55. The van der Waals surface area contributed by atoms with E-state index >= 15 is 0 Å². The van der Waals surface area contributed by atoms with Crippen molar-refractivity contribution < 1.29 is 0 Å². The molecule has 2 aromatic rings. The summed E-state index contributed by atoms with van der Waals surface area (Å²) in [5, 5.41) is 3.03. The Morgan fingerprint density at radius 1 is 1.29 bits per heavy atom. The van der Waals surface area contributed by atoms with Crippen molar-refractivity contribution in [1.29, 1.82) is 0 Å². The number of hydrogen-bond donors (Lipinski definition) is 2. The summed E-state index contributed by atoms with van der Waals surface area (Å²) >= 11 is 7.18. The molecule has 5 heteroatoms. The number of nitrogen functional groups attached to an aromatic ring is 2. The Kier molecular flexibility index (Phi) is 2.31. The summed E-state index contributed by atoms with van der Waals surface area (Å²) in [6, 6.07) is 5.32. The predicted molar refractivity (Wildman–Crippen MR) is 61.4 cm³/mol. The standard InChI is InChI=1S/C9H8ClN3S/c10-8-4-14-9(13-8)6-3-5(11)1-2-7(6)12/h1-4H,11-12H2. The third-order valence-corrected chi connectivity index (χ3v) is 2.98. The van der Waals surface area contributed by atoms with Gasteiger partial charge in [0.25, 0.3) is 0 Å². The summed E-state index contributed by atoms with van der Waals surface area (Å²) < 4.78 is 0. The highest BCUT2D eigenvalue weighted by Gasteiger charge is 2.07. The summed E-state index contributed by atoms with van der Waals surface area (Å²) in [5.41, 5.74) is 13.6. The fourth-order valence-corrected chi connectivity index (χ4v) is 2.12. The molecule has 72 valence electrons. The topological polar surface area (TPSA) is 64.9 Å². The van der Waals surface area contributed by atoms with Crippen LogP contribution in [0.4, 0.5) is 11.4 Å². The van der Waals surface area contributed by atoms with Gasteiger partial charge in [-0.25, -0.2) is 4.98 Å². The van der Waals surface area contributed by atoms with Gasteiger partial charge in [-0.2, -0.15) is 0 Å². The molecule has 14 heavy (non-hydrogen) atoms. The van der Waals surface area contributed by atoms with E-state index in [0.29, 0.717) is 16.5 Å². The van der Waals surface area contributed by atoms with E-state index in [2.05, 4.69) is 4.98 Å². The first-order valence-electron chi connectivity index (χ1n) is 3.93. The highest BCUT2D eigenvalue weighted by Crippen LogP contribution is 2.31. The van der Waals surface area contributed by atoms with Crippen LogP contribution in [-0.2, 0) is 0 Å². The molecule has 0 amide bonds. The van der Waals surface area contributed by atoms with Crippen molar-refractivity contribution in [1.82, 2.24) is 4.98 Å². The van der Waals surface area contributed by atoms with Gasteiger partial charge in [-0.1, -0.05) is 11.6 Å². The van der Waals surface area contributed by atoms with Gasteiger partial charge in [0.2, 0.25) is 0 Å². The number of thiazole rings is 1. The highest BCUT2D eigenvalue weighted by atomic mass is 35.5. The molecule has 2 rings (SSSR count). The summed E-state index contributed by atoms with van der Waals surface area (Å²) in [5.74, 6) is 0. The maximum absolute atomic E-state index is 5.80. The van der Waals surface area contributed by atoms with E-state index in [9.17, 15) is 0 Å². The number of benzene rings is 1. The minimum absolute atomic E-state index is 0.479. The molecule has 1 aromatic carbocycles. The number of hydrogen-bond acceptors (Lipinski definition) is 4. The molecule has 0 atom stereocenters. The lowest BCUT2D eigenvalue weighted by Crippen LogP contribution is -1.92. The van der Waals surface area contributed by atoms with Gasteiger partial charge in [0, 0.05) is 22.3 Å². The van der Waals surface area contributed by atoms with Crippen molar-refractivity contribution in [3.05, 3.63) is 28.7 Å². The maximum atomic E-state index is 5.80. The lowest BCUT2D eigenvalue weighted by atomic mass is 10.2. The zero-order valence-electron chi connectivity index (χ0n) is 7.20. The van der Waals surface area contributed by atoms with E-state index in [1.165, 1.54) is 11.3 Å². The van der Waals surface area contributed by atoms with E-state index in [4.69, 9.17) is 23.1 Å². The molecule has 1 heterocycles. The first kappa shape index (κ1) is 9.30. The normalized spacial score (nSPS) is 10.4. The zero-order valence-corrected chi connectivity index (χ0v) is 8.77. The fraction of sp³-hybridized carbons (Fsp3) is 0. The molecule has 0 aliphatic heterocycles. The molecule has 3 nitrogen and oxygen atoms in total. The predicted octanol–water partition coefficient (Wildman–Crippen LogP) is 2.63. The molecule has 0 saturated heterocycles. The number of halogens is 1. The minimum Gasteiger partial charge on any atom is -0.399 e. The van der Waals surface area contributed by atoms with Gasteiger partial charge < -0.3 is 11.5 Å². The molecule has 0 saturated carbocycles. The highest BCUT2D eigenvalue weighted by molar-refractivity contribution is 7.13. The summed E-state index contributed by atoms with van der Waals surface area (Å²) in [4.78, 5) is 4.13. The van der Waals surface area contributed by atoms with Crippen molar-refractivity contribution >= 4 is 34.3 Å². The molecule has 0 radical (unpaired) electrons. The molecule has 1 aromatic heterocycles. The van der Waals surface area contributed by atoms with Crippen LogP contribution >= 0.6 is 22.9 Å². The van der Waals surface area contributed by atoms with Gasteiger partial charge in [0.1, 0.15) is 10.2 Å². The second kappa shape index (κ2) is 3.48. The van der Waals surface area contributed by atoms with Gasteiger partial charge >= 0.3 is 0 Å². The van der Waals surface area contributed by atoms with E-state index in [-0.39, 0.29) is 0 Å². The van der Waals surface area contributed by atoms with Crippen LogP contribution in [0.5, 0.6) is 0 Å². The maximum Gasteiger partial charge on any atom is 0.140 e. The molecule has 0 aliphatic carbocycles. The third kappa shape index (κ3) is 1.66. The summed E-state index contributed by atoms with van der Waals surface area (Å²) in [7, 11) is 0. The second-order valence-corrected chi connectivity index (χ2v) is 4.07. The minimum atomic E-state index is 0.479. The number of nitrogens with zero attached hydrogens (tertiary/aromatic N) is 1.